The molecule has 1 aliphatic rings. The Morgan fingerprint density at radius 2 is 2.33 bits per heavy atom. The number of carbonyl (C=O) groups excluding carboxylic acids is 1. The van der Waals surface area contributed by atoms with Crippen molar-refractivity contribution in [1.29, 1.82) is 5.26 Å². The Morgan fingerprint density at radius 3 is 3.00 bits per heavy atom. The van der Waals surface area contributed by atoms with Crippen LogP contribution in [0.2, 0.25) is 0 Å². The third-order valence-corrected chi connectivity index (χ3v) is 3.74. The van der Waals surface area contributed by atoms with E-state index >= 15 is 0 Å². The molecule has 0 saturated carbocycles. The van der Waals surface area contributed by atoms with Crippen molar-refractivity contribution in [2.24, 2.45) is 0 Å². The van der Waals surface area contributed by atoms with Gasteiger partial charge in [0, 0.05) is 17.5 Å². The molecule has 3 rings (SSSR count). The molecule has 2 heterocycles. The molecule has 0 aliphatic carbocycles. The summed E-state index contributed by atoms with van der Waals surface area (Å²) in [5.74, 6) is 1.07. The molecule has 0 unspecified atom stereocenters. The number of nitrogens with zero attached hydrogens (tertiary/aromatic N) is 1. The Kier molecular flexibility index (Phi) is 4.39. The standard InChI is InChI=1S/C19H17NO4/c1-3-22-17-9-13-7-12(2)24-18(13)10-14(17)8-15(11-20)19(21)16-5-4-6-23-16/h4-6,8-10,12H,3,7H2,1-2H3/b15-8+/t12-/m0/s1. The maximum Gasteiger partial charge on any atom is 0.238 e. The number of allylic oxidation sites excluding steroid dienone is 1. The Morgan fingerprint density at radius 1 is 1.50 bits per heavy atom. The van der Waals surface area contributed by atoms with Gasteiger partial charge in [-0.25, -0.2) is 0 Å². The monoisotopic (exact) mass is 323 g/mol. The van der Waals surface area contributed by atoms with Gasteiger partial charge in [-0.1, -0.05) is 0 Å². The van der Waals surface area contributed by atoms with Crippen LogP contribution < -0.4 is 9.47 Å². The summed E-state index contributed by atoms with van der Waals surface area (Å²) >= 11 is 0. The zero-order valence-electron chi connectivity index (χ0n) is 13.5. The summed E-state index contributed by atoms with van der Waals surface area (Å²) in [6, 6.07) is 8.81. The number of ketones is 1. The molecule has 2 aromatic rings. The topological polar surface area (TPSA) is 72.5 Å². The highest BCUT2D eigenvalue weighted by Gasteiger charge is 2.22. The first kappa shape index (κ1) is 15.9. The van der Waals surface area contributed by atoms with E-state index in [0.29, 0.717) is 17.9 Å². The molecule has 1 atom stereocenters. The second-order valence-corrected chi connectivity index (χ2v) is 5.54. The van der Waals surface area contributed by atoms with Crippen LogP contribution in [0.4, 0.5) is 0 Å². The van der Waals surface area contributed by atoms with Crippen LogP contribution in [0.1, 0.15) is 35.5 Å². The van der Waals surface area contributed by atoms with Crippen molar-refractivity contribution in [2.75, 3.05) is 6.61 Å². The third-order valence-electron chi connectivity index (χ3n) is 3.74. The minimum Gasteiger partial charge on any atom is -0.493 e. The zero-order chi connectivity index (χ0) is 17.1. The zero-order valence-corrected chi connectivity index (χ0v) is 13.5. The molecular formula is C19H17NO4. The molecular weight excluding hydrogens is 306 g/mol. The van der Waals surface area contributed by atoms with Crippen molar-refractivity contribution >= 4 is 11.9 Å². The lowest BCUT2D eigenvalue weighted by atomic mass is 10.0. The summed E-state index contributed by atoms with van der Waals surface area (Å²) in [4.78, 5) is 12.3. The summed E-state index contributed by atoms with van der Waals surface area (Å²) in [5.41, 5.74) is 1.69. The van der Waals surface area contributed by atoms with Crippen molar-refractivity contribution < 1.29 is 18.7 Å². The van der Waals surface area contributed by atoms with E-state index in [2.05, 4.69) is 0 Å². The predicted octanol–water partition coefficient (Wildman–Crippen LogP) is 3.79. The van der Waals surface area contributed by atoms with Crippen molar-refractivity contribution in [3.8, 4) is 17.6 Å². The van der Waals surface area contributed by atoms with Crippen LogP contribution in [0.25, 0.3) is 6.08 Å². The average molecular weight is 323 g/mol. The van der Waals surface area contributed by atoms with E-state index in [0.717, 1.165) is 17.7 Å². The molecule has 0 amide bonds. The lowest BCUT2D eigenvalue weighted by Crippen LogP contribution is -2.05. The molecule has 0 spiro atoms. The molecule has 0 radical (unpaired) electrons. The summed E-state index contributed by atoms with van der Waals surface area (Å²) in [6.07, 6.45) is 3.84. The highest BCUT2D eigenvalue weighted by molar-refractivity contribution is 6.12. The summed E-state index contributed by atoms with van der Waals surface area (Å²) < 4.78 is 16.5. The van der Waals surface area contributed by atoms with E-state index in [1.54, 1.807) is 6.07 Å². The first-order valence-corrected chi connectivity index (χ1v) is 7.78. The minimum absolute atomic E-state index is 0.0168. The number of furan rings is 1. The van der Waals surface area contributed by atoms with Crippen molar-refractivity contribution in [1.82, 2.24) is 0 Å². The number of ether oxygens (including phenoxy) is 2. The Hall–Kier alpha value is -3.00. The van der Waals surface area contributed by atoms with Crippen LogP contribution in [0.3, 0.4) is 0 Å². The smallest absolute Gasteiger partial charge is 0.238 e. The Labute approximate surface area is 140 Å². The number of hydrogen-bond acceptors (Lipinski definition) is 5. The van der Waals surface area contributed by atoms with E-state index in [4.69, 9.17) is 13.9 Å². The molecule has 24 heavy (non-hydrogen) atoms. The molecule has 1 aromatic carbocycles. The number of fused-ring (bicyclic) bond motifs is 1. The van der Waals surface area contributed by atoms with Crippen molar-refractivity contribution in [2.45, 2.75) is 26.4 Å². The fourth-order valence-electron chi connectivity index (χ4n) is 2.69. The second kappa shape index (κ2) is 6.63. The van der Waals surface area contributed by atoms with Crippen LogP contribution in [0.5, 0.6) is 11.5 Å². The van der Waals surface area contributed by atoms with Crippen molar-refractivity contribution in [3.05, 3.63) is 53.0 Å². The molecule has 0 bridgehead atoms. The van der Waals surface area contributed by atoms with Gasteiger partial charge < -0.3 is 13.9 Å². The van der Waals surface area contributed by atoms with E-state index in [9.17, 15) is 10.1 Å². The lowest BCUT2D eigenvalue weighted by molar-refractivity contribution is 0.101. The molecule has 1 aliphatic heterocycles. The quantitative estimate of drug-likeness (QED) is 0.475. The number of Topliss-reactive ketones (excluding diaryl/α,β-unsaturated/α-hetero) is 1. The van der Waals surface area contributed by atoms with E-state index in [-0.39, 0.29) is 17.4 Å². The molecule has 1 aromatic heterocycles. The average Bonchev–Trinajstić information content (AvgIpc) is 3.20. The van der Waals surface area contributed by atoms with Gasteiger partial charge in [-0.2, -0.15) is 5.26 Å². The maximum atomic E-state index is 12.3. The number of benzene rings is 1. The fraction of sp³-hybridized carbons (Fsp3) is 0.263. The molecule has 0 fully saturated rings. The Balaban J connectivity index is 2.02. The molecule has 0 N–H and O–H groups in total. The van der Waals surface area contributed by atoms with Gasteiger partial charge >= 0.3 is 0 Å². The first-order valence-electron chi connectivity index (χ1n) is 7.78. The second-order valence-electron chi connectivity index (χ2n) is 5.54. The number of carbonyl (C=O) groups is 1. The van der Waals surface area contributed by atoms with Crippen LogP contribution in [0, 0.1) is 11.3 Å². The highest BCUT2D eigenvalue weighted by atomic mass is 16.5. The minimum atomic E-state index is -0.459. The summed E-state index contributed by atoms with van der Waals surface area (Å²) in [7, 11) is 0. The van der Waals surface area contributed by atoms with Crippen molar-refractivity contribution in [3.63, 3.8) is 0 Å². The first-order chi connectivity index (χ1) is 11.6. The van der Waals surface area contributed by atoms with Crippen LogP contribution in [-0.4, -0.2) is 18.5 Å². The molecule has 122 valence electrons. The lowest BCUT2D eigenvalue weighted by Gasteiger charge is -2.10. The number of nitriles is 1. The van der Waals surface area contributed by atoms with Gasteiger partial charge in [0.25, 0.3) is 0 Å². The fourth-order valence-corrected chi connectivity index (χ4v) is 2.69. The highest BCUT2D eigenvalue weighted by Crippen LogP contribution is 2.36. The van der Waals surface area contributed by atoms with E-state index in [1.807, 2.05) is 32.0 Å². The maximum absolute atomic E-state index is 12.3. The number of hydrogen-bond donors (Lipinski definition) is 0. The normalized spacial score (nSPS) is 16.2. The summed E-state index contributed by atoms with van der Waals surface area (Å²) in [5, 5.41) is 9.36. The van der Waals surface area contributed by atoms with Gasteiger partial charge in [0.2, 0.25) is 5.78 Å². The van der Waals surface area contributed by atoms with E-state index in [1.165, 1.54) is 18.4 Å². The third kappa shape index (κ3) is 3.04. The number of rotatable bonds is 5. The van der Waals surface area contributed by atoms with Crippen LogP contribution in [0.15, 0.2) is 40.5 Å². The molecule has 0 saturated heterocycles. The van der Waals surface area contributed by atoms with Gasteiger partial charge in [-0.05, 0) is 44.2 Å². The van der Waals surface area contributed by atoms with Gasteiger partial charge in [0.15, 0.2) is 5.76 Å². The largest absolute Gasteiger partial charge is 0.493 e. The van der Waals surface area contributed by atoms with Gasteiger partial charge in [-0.3, -0.25) is 4.79 Å². The van der Waals surface area contributed by atoms with Gasteiger partial charge in [0.1, 0.15) is 29.2 Å². The van der Waals surface area contributed by atoms with E-state index < -0.39 is 5.78 Å². The van der Waals surface area contributed by atoms with Crippen LogP contribution in [-0.2, 0) is 6.42 Å². The van der Waals surface area contributed by atoms with Crippen LogP contribution >= 0.6 is 0 Å². The van der Waals surface area contributed by atoms with Gasteiger partial charge in [0.05, 0.1) is 12.9 Å². The predicted molar refractivity (Wildman–Crippen MR) is 88.0 cm³/mol. The summed E-state index contributed by atoms with van der Waals surface area (Å²) in [6.45, 7) is 4.38. The molecule has 5 heteroatoms. The SMILES string of the molecule is CCOc1cc2c(cc1/C=C(\C#N)C(=O)c1ccco1)O[C@@H](C)C2. The molecule has 5 nitrogen and oxygen atoms in total. The van der Waals surface area contributed by atoms with Gasteiger partial charge in [-0.15, -0.1) is 0 Å². The Bertz CT molecular complexity index is 828.